The second-order valence-corrected chi connectivity index (χ2v) is 5.97. The number of fused-ring (bicyclic) bond motifs is 1. The summed E-state index contributed by atoms with van der Waals surface area (Å²) in [5.41, 5.74) is 6.03. The minimum Gasteiger partial charge on any atom is -0.408 e. The minimum absolute atomic E-state index is 0.0747. The van der Waals surface area contributed by atoms with Gasteiger partial charge in [0.15, 0.2) is 5.58 Å². The van der Waals surface area contributed by atoms with Gasteiger partial charge in [-0.15, -0.1) is 0 Å². The first-order valence-corrected chi connectivity index (χ1v) is 7.29. The molecule has 0 amide bonds. The fourth-order valence-corrected chi connectivity index (χ4v) is 3.02. The highest BCUT2D eigenvalue weighted by Crippen LogP contribution is 2.33. The van der Waals surface area contributed by atoms with Gasteiger partial charge in [-0.3, -0.25) is 4.98 Å². The molecule has 102 valence electrons. The Kier molecular flexibility index (Phi) is 3.26. The first kappa shape index (κ1) is 13.2. The lowest BCUT2D eigenvalue weighted by Crippen LogP contribution is -1.94. The van der Waals surface area contributed by atoms with E-state index in [1.165, 1.54) is 16.7 Å². The molecule has 3 rings (SSSR count). The Morgan fingerprint density at radius 2 is 1.75 bits per heavy atom. The highest BCUT2D eigenvalue weighted by atomic mass is 79.9. The molecule has 20 heavy (non-hydrogen) atoms. The van der Waals surface area contributed by atoms with E-state index in [4.69, 9.17) is 4.42 Å². The number of aryl methyl sites for hydroxylation is 2. The van der Waals surface area contributed by atoms with Crippen molar-refractivity contribution in [1.29, 1.82) is 0 Å². The number of hydrogen-bond acceptors (Lipinski definition) is 2. The molecule has 4 heteroatoms. The van der Waals surface area contributed by atoms with E-state index >= 15 is 0 Å². The quantitative estimate of drug-likeness (QED) is 0.714. The Hall–Kier alpha value is -1.81. The molecule has 3 nitrogen and oxygen atoms in total. The van der Waals surface area contributed by atoms with E-state index in [2.05, 4.69) is 53.0 Å². The number of aromatic amines is 1. The standard InChI is InChI=1S/C16H14BrNO2/c1-9-5-10(2)7-12(6-9)15(17)11-3-4-13-14(8-11)20-16(19)18-13/h3-8,15H,1-2H3,(H,18,19). The first-order chi connectivity index (χ1) is 9.52. The minimum atomic E-state index is -0.422. The van der Waals surface area contributed by atoms with Gasteiger partial charge >= 0.3 is 5.76 Å². The maximum atomic E-state index is 11.2. The second kappa shape index (κ2) is 4.94. The molecule has 0 aliphatic rings. The fraction of sp³-hybridized carbons (Fsp3) is 0.188. The molecule has 0 aliphatic heterocycles. The summed E-state index contributed by atoms with van der Waals surface area (Å²) in [4.78, 5) is 13.9. The van der Waals surface area contributed by atoms with Crippen LogP contribution < -0.4 is 5.76 Å². The molecule has 3 aromatic rings. The number of oxazole rings is 1. The Morgan fingerprint density at radius 1 is 1.05 bits per heavy atom. The highest BCUT2D eigenvalue weighted by Gasteiger charge is 2.13. The van der Waals surface area contributed by atoms with Gasteiger partial charge in [0.05, 0.1) is 10.3 Å². The zero-order chi connectivity index (χ0) is 14.3. The van der Waals surface area contributed by atoms with E-state index in [9.17, 15) is 4.79 Å². The lowest BCUT2D eigenvalue weighted by atomic mass is 10.0. The van der Waals surface area contributed by atoms with Crippen LogP contribution in [0.25, 0.3) is 11.1 Å². The van der Waals surface area contributed by atoms with Gasteiger partial charge in [0, 0.05) is 0 Å². The number of H-pyrrole nitrogens is 1. The molecule has 2 aromatic carbocycles. The van der Waals surface area contributed by atoms with E-state index < -0.39 is 5.76 Å². The lowest BCUT2D eigenvalue weighted by Gasteiger charge is -2.12. The van der Waals surface area contributed by atoms with Gasteiger partial charge in [-0.1, -0.05) is 51.3 Å². The Balaban J connectivity index is 2.06. The van der Waals surface area contributed by atoms with Crippen molar-refractivity contribution in [2.45, 2.75) is 18.7 Å². The van der Waals surface area contributed by atoms with Crippen LogP contribution in [0, 0.1) is 13.8 Å². The number of benzene rings is 2. The van der Waals surface area contributed by atoms with Crippen molar-refractivity contribution >= 4 is 27.0 Å². The second-order valence-electron chi connectivity index (χ2n) is 5.05. The highest BCUT2D eigenvalue weighted by molar-refractivity contribution is 9.09. The SMILES string of the molecule is Cc1cc(C)cc(C(Br)c2ccc3[nH]c(=O)oc3c2)c1. The van der Waals surface area contributed by atoms with E-state index in [1.54, 1.807) is 0 Å². The van der Waals surface area contributed by atoms with Crippen LogP contribution in [-0.2, 0) is 0 Å². The van der Waals surface area contributed by atoms with Crippen molar-refractivity contribution in [2.24, 2.45) is 0 Å². The Morgan fingerprint density at radius 3 is 2.45 bits per heavy atom. The number of halogens is 1. The third kappa shape index (κ3) is 2.43. The zero-order valence-corrected chi connectivity index (χ0v) is 12.8. The van der Waals surface area contributed by atoms with Gasteiger partial charge in [-0.2, -0.15) is 0 Å². The Labute approximate surface area is 124 Å². The van der Waals surface area contributed by atoms with Crippen LogP contribution in [0.3, 0.4) is 0 Å². The number of rotatable bonds is 2. The maximum absolute atomic E-state index is 11.2. The number of alkyl halides is 1. The third-order valence-corrected chi connectivity index (χ3v) is 4.33. The molecule has 1 heterocycles. The van der Waals surface area contributed by atoms with Crippen LogP contribution in [0.2, 0.25) is 0 Å². The van der Waals surface area contributed by atoms with Crippen LogP contribution in [-0.4, -0.2) is 4.98 Å². The zero-order valence-electron chi connectivity index (χ0n) is 11.2. The molecule has 0 saturated heterocycles. The summed E-state index contributed by atoms with van der Waals surface area (Å²) in [5, 5.41) is 0. The summed E-state index contributed by atoms with van der Waals surface area (Å²) in [6.07, 6.45) is 0. The molecule has 1 aromatic heterocycles. The largest absolute Gasteiger partial charge is 0.417 e. The predicted octanol–water partition coefficient (Wildman–Crippen LogP) is 4.22. The molecule has 0 radical (unpaired) electrons. The number of nitrogens with one attached hydrogen (secondary N) is 1. The summed E-state index contributed by atoms with van der Waals surface area (Å²) in [6.45, 7) is 4.18. The topological polar surface area (TPSA) is 46.0 Å². The van der Waals surface area contributed by atoms with Gasteiger partial charge in [0.1, 0.15) is 0 Å². The molecule has 0 aliphatic carbocycles. The van der Waals surface area contributed by atoms with Crippen molar-refractivity contribution in [1.82, 2.24) is 4.98 Å². The number of aromatic nitrogens is 1. The van der Waals surface area contributed by atoms with Crippen molar-refractivity contribution in [2.75, 3.05) is 0 Å². The average molecular weight is 332 g/mol. The molecule has 1 atom stereocenters. The summed E-state index contributed by atoms with van der Waals surface area (Å²) in [6, 6.07) is 12.2. The smallest absolute Gasteiger partial charge is 0.408 e. The molecule has 0 fully saturated rings. The van der Waals surface area contributed by atoms with E-state index in [1.807, 2.05) is 18.2 Å². The summed E-state index contributed by atoms with van der Waals surface area (Å²) < 4.78 is 5.11. The van der Waals surface area contributed by atoms with Crippen LogP contribution in [0.5, 0.6) is 0 Å². The molecular formula is C16H14BrNO2. The number of hydrogen-bond donors (Lipinski definition) is 1. The van der Waals surface area contributed by atoms with Gasteiger partial charge < -0.3 is 4.42 Å². The molecule has 0 bridgehead atoms. The molecular weight excluding hydrogens is 318 g/mol. The Bertz CT molecular complexity index is 812. The molecule has 1 N–H and O–H groups in total. The van der Waals surface area contributed by atoms with Gasteiger partial charge in [-0.05, 0) is 37.1 Å². The predicted molar refractivity (Wildman–Crippen MR) is 83.5 cm³/mol. The summed E-state index contributed by atoms with van der Waals surface area (Å²) in [5.74, 6) is -0.422. The molecule has 1 unspecified atom stereocenters. The lowest BCUT2D eigenvalue weighted by molar-refractivity contribution is 0.555. The van der Waals surface area contributed by atoms with E-state index in [-0.39, 0.29) is 4.83 Å². The maximum Gasteiger partial charge on any atom is 0.417 e. The van der Waals surface area contributed by atoms with Crippen LogP contribution >= 0.6 is 15.9 Å². The monoisotopic (exact) mass is 331 g/mol. The van der Waals surface area contributed by atoms with Gasteiger partial charge in [0.2, 0.25) is 0 Å². The van der Waals surface area contributed by atoms with Gasteiger partial charge in [0.25, 0.3) is 0 Å². The molecule has 0 saturated carbocycles. The average Bonchev–Trinajstić information content (AvgIpc) is 2.75. The van der Waals surface area contributed by atoms with Crippen molar-refractivity contribution < 1.29 is 4.42 Å². The third-order valence-electron chi connectivity index (χ3n) is 3.27. The molecule has 0 spiro atoms. The van der Waals surface area contributed by atoms with Gasteiger partial charge in [-0.25, -0.2) is 4.79 Å². The van der Waals surface area contributed by atoms with E-state index in [0.717, 1.165) is 11.1 Å². The normalized spacial score (nSPS) is 12.8. The van der Waals surface area contributed by atoms with E-state index in [0.29, 0.717) is 5.58 Å². The van der Waals surface area contributed by atoms with Crippen LogP contribution in [0.4, 0.5) is 0 Å². The van der Waals surface area contributed by atoms with Crippen molar-refractivity contribution in [3.05, 3.63) is 69.2 Å². The summed E-state index contributed by atoms with van der Waals surface area (Å²) in [7, 11) is 0. The van der Waals surface area contributed by atoms with Crippen LogP contribution in [0.15, 0.2) is 45.6 Å². The summed E-state index contributed by atoms with van der Waals surface area (Å²) >= 11 is 3.72. The van der Waals surface area contributed by atoms with Crippen molar-refractivity contribution in [3.63, 3.8) is 0 Å². The van der Waals surface area contributed by atoms with Crippen molar-refractivity contribution in [3.8, 4) is 0 Å². The fourth-order valence-electron chi connectivity index (χ4n) is 2.47. The first-order valence-electron chi connectivity index (χ1n) is 6.38. The van der Waals surface area contributed by atoms with Crippen LogP contribution in [0.1, 0.15) is 27.1 Å².